The van der Waals surface area contributed by atoms with Crippen LogP contribution in [0, 0.1) is 0 Å². The first-order valence-electron chi connectivity index (χ1n) is 7.46. The lowest BCUT2D eigenvalue weighted by atomic mass is 9.96. The van der Waals surface area contributed by atoms with E-state index in [4.69, 9.17) is 29.5 Å². The number of esters is 2. The van der Waals surface area contributed by atoms with Crippen LogP contribution in [0.1, 0.15) is 20.8 Å². The van der Waals surface area contributed by atoms with Gasteiger partial charge in [-0.25, -0.2) is 4.57 Å². The average molecular weight is 410 g/mol. The van der Waals surface area contributed by atoms with E-state index in [0.29, 0.717) is 0 Å². The second kappa shape index (κ2) is 9.65. The number of hydrogen-bond donors (Lipinski definition) is 3. The molecule has 1 aliphatic rings. The SMILES string of the molecule is CC(=O)N[C@H]1[C@@H](OP(=O)(O)O)O[C@H](CN=[N+]=[N-])[C@@H](OC(C)=O)[C@@H]1OC(C)=O. The van der Waals surface area contributed by atoms with Gasteiger partial charge >= 0.3 is 19.8 Å². The Balaban J connectivity index is 3.37. The van der Waals surface area contributed by atoms with Crippen molar-refractivity contribution in [1.82, 2.24) is 5.32 Å². The molecular weight excluding hydrogens is 391 g/mol. The van der Waals surface area contributed by atoms with Gasteiger partial charge in [0.05, 0.1) is 6.54 Å². The van der Waals surface area contributed by atoms with Crippen molar-refractivity contribution in [2.45, 2.75) is 51.4 Å². The molecule has 14 nitrogen and oxygen atoms in total. The molecule has 15 heteroatoms. The Kier molecular flexibility index (Phi) is 8.16. The van der Waals surface area contributed by atoms with Gasteiger partial charge < -0.3 is 29.3 Å². The lowest BCUT2D eigenvalue weighted by Crippen LogP contribution is -2.66. The van der Waals surface area contributed by atoms with Crippen molar-refractivity contribution in [2.24, 2.45) is 5.11 Å². The topological polar surface area (TPSA) is 206 Å². The summed E-state index contributed by atoms with van der Waals surface area (Å²) < 4.78 is 31.3. The van der Waals surface area contributed by atoms with Crippen LogP contribution < -0.4 is 5.32 Å². The van der Waals surface area contributed by atoms with Gasteiger partial charge in [0.1, 0.15) is 12.1 Å². The number of nitrogens with one attached hydrogen (secondary N) is 1. The second-order valence-corrected chi connectivity index (χ2v) is 6.62. The lowest BCUT2D eigenvalue weighted by molar-refractivity contribution is -0.250. The highest BCUT2D eigenvalue weighted by atomic mass is 31.2. The molecule has 1 aliphatic heterocycles. The van der Waals surface area contributed by atoms with Crippen molar-refractivity contribution < 1.29 is 47.5 Å². The highest BCUT2D eigenvalue weighted by Crippen LogP contribution is 2.41. The number of hydrogen-bond acceptors (Lipinski definition) is 9. The van der Waals surface area contributed by atoms with Crippen molar-refractivity contribution >= 4 is 25.7 Å². The highest BCUT2D eigenvalue weighted by molar-refractivity contribution is 7.46. The average Bonchev–Trinajstić information content (AvgIpc) is 2.48. The number of rotatable bonds is 7. The van der Waals surface area contributed by atoms with E-state index in [-0.39, 0.29) is 0 Å². The molecule has 0 spiro atoms. The van der Waals surface area contributed by atoms with E-state index < -0.39 is 62.9 Å². The Morgan fingerprint density at radius 1 is 1.19 bits per heavy atom. The molecule has 0 radical (unpaired) electrons. The first-order chi connectivity index (χ1) is 12.4. The van der Waals surface area contributed by atoms with E-state index >= 15 is 0 Å². The maximum atomic E-state index is 11.5. The van der Waals surface area contributed by atoms with Gasteiger partial charge in [-0.3, -0.25) is 18.9 Å². The van der Waals surface area contributed by atoms with Gasteiger partial charge in [-0.1, -0.05) is 5.11 Å². The summed E-state index contributed by atoms with van der Waals surface area (Å²) in [5.41, 5.74) is 8.50. The number of carbonyl (C=O) groups is 3. The van der Waals surface area contributed by atoms with Gasteiger partial charge in [0.2, 0.25) is 5.91 Å². The third-order valence-electron chi connectivity index (χ3n) is 3.19. The first kappa shape index (κ1) is 22.8. The zero-order valence-corrected chi connectivity index (χ0v) is 15.4. The van der Waals surface area contributed by atoms with Crippen LogP contribution in [0.4, 0.5) is 0 Å². The fraction of sp³-hybridized carbons (Fsp3) is 0.750. The lowest BCUT2D eigenvalue weighted by Gasteiger charge is -2.44. The van der Waals surface area contributed by atoms with Gasteiger partial charge in [0, 0.05) is 25.7 Å². The minimum Gasteiger partial charge on any atom is -0.456 e. The molecule has 1 amide bonds. The number of ether oxygens (including phenoxy) is 3. The molecule has 0 aromatic rings. The van der Waals surface area contributed by atoms with Crippen LogP contribution in [0.25, 0.3) is 10.4 Å². The third-order valence-corrected chi connectivity index (χ3v) is 3.67. The minimum absolute atomic E-state index is 0.444. The smallest absolute Gasteiger partial charge is 0.456 e. The molecule has 3 N–H and O–H groups in total. The van der Waals surface area contributed by atoms with Crippen molar-refractivity contribution in [2.75, 3.05) is 6.54 Å². The monoisotopic (exact) mass is 410 g/mol. The third kappa shape index (κ3) is 7.51. The van der Waals surface area contributed by atoms with Crippen LogP contribution in [-0.4, -0.2) is 64.8 Å². The van der Waals surface area contributed by atoms with Crippen LogP contribution in [0.5, 0.6) is 0 Å². The predicted molar refractivity (Wildman–Crippen MR) is 84.5 cm³/mol. The fourth-order valence-electron chi connectivity index (χ4n) is 2.45. The van der Waals surface area contributed by atoms with Gasteiger partial charge in [-0.2, -0.15) is 0 Å². The summed E-state index contributed by atoms with van der Waals surface area (Å²) in [7, 11) is -5.10. The summed E-state index contributed by atoms with van der Waals surface area (Å²) in [5.74, 6) is -2.32. The summed E-state index contributed by atoms with van der Waals surface area (Å²) in [4.78, 5) is 55.1. The first-order valence-corrected chi connectivity index (χ1v) is 8.99. The Labute approximate surface area is 153 Å². The molecule has 0 aliphatic carbocycles. The van der Waals surface area contributed by atoms with E-state index in [9.17, 15) is 18.9 Å². The Morgan fingerprint density at radius 3 is 2.19 bits per heavy atom. The summed E-state index contributed by atoms with van der Waals surface area (Å²) in [6.45, 7) is 2.74. The quantitative estimate of drug-likeness (QED) is 0.161. The molecule has 152 valence electrons. The molecule has 27 heavy (non-hydrogen) atoms. The summed E-state index contributed by atoms with van der Waals surface area (Å²) in [6.07, 6.45) is -5.88. The fourth-order valence-corrected chi connectivity index (χ4v) is 2.90. The number of phosphoric acid groups is 1. The Bertz CT molecular complexity index is 675. The molecule has 0 unspecified atom stereocenters. The molecule has 0 aromatic carbocycles. The molecule has 1 rings (SSSR count). The van der Waals surface area contributed by atoms with E-state index in [1.54, 1.807) is 0 Å². The van der Waals surface area contributed by atoms with E-state index in [1.165, 1.54) is 0 Å². The van der Waals surface area contributed by atoms with Gasteiger partial charge in [0.15, 0.2) is 18.5 Å². The van der Waals surface area contributed by atoms with Gasteiger partial charge in [-0.15, -0.1) is 0 Å². The summed E-state index contributed by atoms with van der Waals surface area (Å²) in [5, 5.41) is 5.56. The zero-order chi connectivity index (χ0) is 20.8. The van der Waals surface area contributed by atoms with Gasteiger partial charge in [0.25, 0.3) is 0 Å². The van der Waals surface area contributed by atoms with Crippen molar-refractivity contribution in [3.05, 3.63) is 10.4 Å². The van der Waals surface area contributed by atoms with Crippen molar-refractivity contribution in [3.8, 4) is 0 Å². The normalized spacial score (nSPS) is 27.8. The van der Waals surface area contributed by atoms with Gasteiger partial charge in [-0.05, 0) is 5.53 Å². The number of phosphoric ester groups is 1. The minimum atomic E-state index is -5.10. The molecule has 1 fully saturated rings. The van der Waals surface area contributed by atoms with Crippen LogP contribution in [-0.2, 0) is 37.7 Å². The van der Waals surface area contributed by atoms with E-state index in [2.05, 4.69) is 19.9 Å². The molecule has 1 saturated heterocycles. The number of azide groups is 1. The Morgan fingerprint density at radius 2 is 1.74 bits per heavy atom. The molecule has 0 bridgehead atoms. The molecule has 5 atom stereocenters. The maximum absolute atomic E-state index is 11.5. The highest BCUT2D eigenvalue weighted by Gasteiger charge is 2.52. The number of nitrogens with zero attached hydrogens (tertiary/aromatic N) is 3. The molecule has 0 saturated carbocycles. The maximum Gasteiger partial charge on any atom is 0.472 e. The molecular formula is C12H19N4O10P. The molecule has 0 aromatic heterocycles. The predicted octanol–water partition coefficient (Wildman–Crippen LogP) is -0.501. The Hall–Kier alpha value is -2.21. The van der Waals surface area contributed by atoms with E-state index in [0.717, 1.165) is 20.8 Å². The zero-order valence-electron chi connectivity index (χ0n) is 14.5. The molecule has 1 heterocycles. The second-order valence-electron chi connectivity index (χ2n) is 5.43. The summed E-state index contributed by atoms with van der Waals surface area (Å²) >= 11 is 0. The van der Waals surface area contributed by atoms with Crippen molar-refractivity contribution in [3.63, 3.8) is 0 Å². The van der Waals surface area contributed by atoms with Crippen molar-refractivity contribution in [1.29, 1.82) is 0 Å². The summed E-state index contributed by atoms with van der Waals surface area (Å²) in [6, 6.07) is -1.44. The number of amides is 1. The van der Waals surface area contributed by atoms with E-state index in [1.807, 2.05) is 0 Å². The largest absolute Gasteiger partial charge is 0.472 e. The van der Waals surface area contributed by atoms with Crippen LogP contribution in [0.3, 0.4) is 0 Å². The number of carbonyl (C=O) groups excluding carboxylic acids is 3. The van der Waals surface area contributed by atoms with Crippen LogP contribution >= 0.6 is 7.82 Å². The van der Waals surface area contributed by atoms with Crippen LogP contribution in [0.15, 0.2) is 5.11 Å². The standard InChI is InChI=1S/C12H19N4O10P/c1-5(17)15-9-11(24-7(3)19)10(23-6(2)18)8(4-14-16-13)25-12(9)26-27(20,21)22/h8-12H,4H2,1-3H3,(H,15,17)(H2,20,21,22)/t8-,9-,10-,11-,12-/m1/s1. The van der Waals surface area contributed by atoms with Crippen LogP contribution in [0.2, 0.25) is 0 Å².